The second-order valence-electron chi connectivity index (χ2n) is 4.64. The highest BCUT2D eigenvalue weighted by atomic mass is 14.5. The first-order chi connectivity index (χ1) is 6.22. The zero-order valence-electron chi connectivity index (χ0n) is 9.69. The van der Waals surface area contributed by atoms with Crippen molar-refractivity contribution in [2.45, 2.75) is 59.8 Å². The van der Waals surface area contributed by atoms with Crippen molar-refractivity contribution in [1.29, 1.82) is 0 Å². The van der Waals surface area contributed by atoms with Crippen LogP contribution in [0.3, 0.4) is 0 Å². The van der Waals surface area contributed by atoms with Gasteiger partial charge in [-0.05, 0) is 43.4 Å². The van der Waals surface area contributed by atoms with Crippen molar-refractivity contribution in [2.75, 3.05) is 0 Å². The highest BCUT2D eigenvalue weighted by Crippen LogP contribution is 2.55. The Balaban J connectivity index is 0.000000396. The van der Waals surface area contributed by atoms with Crippen LogP contribution in [-0.2, 0) is 0 Å². The van der Waals surface area contributed by atoms with E-state index >= 15 is 0 Å². The molecule has 2 aliphatic rings. The predicted octanol–water partition coefficient (Wildman–Crippen LogP) is 4.56. The van der Waals surface area contributed by atoms with Gasteiger partial charge in [-0.1, -0.05) is 39.3 Å². The van der Waals surface area contributed by atoms with E-state index in [1.54, 1.807) is 5.57 Å². The Bertz CT molecular complexity index is 182. The van der Waals surface area contributed by atoms with Gasteiger partial charge in [-0.15, -0.1) is 0 Å². The third-order valence-electron chi connectivity index (χ3n) is 3.44. The molecule has 2 rings (SSSR count). The molecule has 1 fully saturated rings. The minimum Gasteiger partial charge on any atom is -0.0845 e. The quantitative estimate of drug-likeness (QED) is 0.519. The van der Waals surface area contributed by atoms with E-state index in [2.05, 4.69) is 19.9 Å². The van der Waals surface area contributed by atoms with Crippen LogP contribution < -0.4 is 0 Å². The largest absolute Gasteiger partial charge is 0.0845 e. The van der Waals surface area contributed by atoms with E-state index in [-0.39, 0.29) is 0 Å². The Hall–Kier alpha value is -0.260. The minimum atomic E-state index is 0.797. The van der Waals surface area contributed by atoms with Crippen molar-refractivity contribution in [2.24, 2.45) is 11.3 Å². The van der Waals surface area contributed by atoms with Gasteiger partial charge in [0.15, 0.2) is 0 Å². The number of allylic oxidation sites excluding steroid dienone is 2. The summed E-state index contributed by atoms with van der Waals surface area (Å²) in [6, 6.07) is 0. The van der Waals surface area contributed by atoms with Crippen LogP contribution in [-0.4, -0.2) is 0 Å². The average molecular weight is 180 g/mol. The minimum absolute atomic E-state index is 0.797. The fourth-order valence-corrected chi connectivity index (χ4v) is 2.12. The summed E-state index contributed by atoms with van der Waals surface area (Å²) in [5, 5.41) is 0. The second-order valence-corrected chi connectivity index (χ2v) is 4.64. The first kappa shape index (κ1) is 10.8. The Morgan fingerprint density at radius 3 is 2.08 bits per heavy atom. The van der Waals surface area contributed by atoms with Gasteiger partial charge < -0.3 is 0 Å². The molecule has 0 radical (unpaired) electrons. The third-order valence-corrected chi connectivity index (χ3v) is 3.44. The maximum Gasteiger partial charge on any atom is -0.0259 e. The van der Waals surface area contributed by atoms with E-state index < -0.39 is 0 Å². The van der Waals surface area contributed by atoms with Gasteiger partial charge in [-0.2, -0.15) is 0 Å². The molecule has 0 heterocycles. The second kappa shape index (κ2) is 4.30. The summed E-state index contributed by atoms with van der Waals surface area (Å²) in [6.07, 6.45) is 9.79. The molecular formula is C13H24. The summed E-state index contributed by atoms with van der Waals surface area (Å²) >= 11 is 0. The van der Waals surface area contributed by atoms with Gasteiger partial charge in [0.2, 0.25) is 0 Å². The lowest BCUT2D eigenvalue weighted by Gasteiger charge is -2.22. The normalized spacial score (nSPS) is 23.6. The summed E-state index contributed by atoms with van der Waals surface area (Å²) in [5.41, 5.74) is 2.53. The molecule has 1 spiro atoms. The summed E-state index contributed by atoms with van der Waals surface area (Å²) in [5.74, 6) is 0.797. The van der Waals surface area contributed by atoms with Gasteiger partial charge in [0.1, 0.15) is 0 Å². The van der Waals surface area contributed by atoms with Crippen LogP contribution >= 0.6 is 0 Å². The van der Waals surface area contributed by atoms with Gasteiger partial charge >= 0.3 is 0 Å². The van der Waals surface area contributed by atoms with Crippen LogP contribution in [0.4, 0.5) is 0 Å². The van der Waals surface area contributed by atoms with Crippen LogP contribution in [0.25, 0.3) is 0 Å². The molecule has 0 saturated heterocycles. The SMILES string of the molecule is CC.CC(C)C1=CCC2(CC1)CC2. The number of rotatable bonds is 1. The molecule has 0 aromatic heterocycles. The van der Waals surface area contributed by atoms with E-state index in [0.29, 0.717) is 0 Å². The van der Waals surface area contributed by atoms with Crippen LogP contribution in [0.2, 0.25) is 0 Å². The van der Waals surface area contributed by atoms with E-state index in [9.17, 15) is 0 Å². The van der Waals surface area contributed by atoms with Crippen LogP contribution in [0, 0.1) is 11.3 Å². The molecular weight excluding hydrogens is 156 g/mol. The van der Waals surface area contributed by atoms with Gasteiger partial charge in [-0.3, -0.25) is 0 Å². The lowest BCUT2D eigenvalue weighted by Crippen LogP contribution is -2.08. The Labute approximate surface area is 83.4 Å². The van der Waals surface area contributed by atoms with E-state index in [0.717, 1.165) is 11.3 Å². The summed E-state index contributed by atoms with van der Waals surface area (Å²) in [6.45, 7) is 8.63. The highest BCUT2D eigenvalue weighted by Gasteiger charge is 2.42. The molecule has 0 amide bonds. The monoisotopic (exact) mass is 180 g/mol. The Morgan fingerprint density at radius 2 is 1.77 bits per heavy atom. The first-order valence-electron chi connectivity index (χ1n) is 5.91. The Kier molecular flexibility index (Phi) is 3.58. The Morgan fingerprint density at radius 1 is 1.15 bits per heavy atom. The molecule has 0 aromatic carbocycles. The van der Waals surface area contributed by atoms with Gasteiger partial charge in [0.05, 0.1) is 0 Å². The van der Waals surface area contributed by atoms with Crippen molar-refractivity contribution < 1.29 is 0 Å². The molecule has 0 aromatic rings. The van der Waals surface area contributed by atoms with Crippen LogP contribution in [0.1, 0.15) is 59.8 Å². The molecule has 0 N–H and O–H groups in total. The molecule has 1 saturated carbocycles. The van der Waals surface area contributed by atoms with Crippen molar-refractivity contribution in [3.63, 3.8) is 0 Å². The molecule has 0 unspecified atom stereocenters. The molecule has 2 aliphatic carbocycles. The molecule has 0 aliphatic heterocycles. The van der Waals surface area contributed by atoms with Crippen molar-refractivity contribution in [3.8, 4) is 0 Å². The summed E-state index contributed by atoms with van der Waals surface area (Å²) < 4.78 is 0. The smallest absolute Gasteiger partial charge is 0.0259 e. The van der Waals surface area contributed by atoms with Crippen molar-refractivity contribution in [1.82, 2.24) is 0 Å². The summed E-state index contributed by atoms with van der Waals surface area (Å²) in [4.78, 5) is 0. The standard InChI is InChI=1S/C11H18.C2H6/c1-9(2)10-3-5-11(6-4-10)7-8-11;1-2/h3,9H,4-8H2,1-2H3;1-2H3. The fourth-order valence-electron chi connectivity index (χ4n) is 2.12. The zero-order valence-corrected chi connectivity index (χ0v) is 9.69. The van der Waals surface area contributed by atoms with Gasteiger partial charge in [0.25, 0.3) is 0 Å². The lowest BCUT2D eigenvalue weighted by atomic mass is 9.83. The maximum absolute atomic E-state index is 2.52. The molecule has 76 valence electrons. The van der Waals surface area contributed by atoms with Crippen LogP contribution in [0.5, 0.6) is 0 Å². The average Bonchev–Trinajstić information content (AvgIpc) is 2.89. The molecule has 13 heavy (non-hydrogen) atoms. The van der Waals surface area contributed by atoms with E-state index in [1.165, 1.54) is 32.1 Å². The predicted molar refractivity (Wildman–Crippen MR) is 59.8 cm³/mol. The molecule has 0 nitrogen and oxygen atoms in total. The topological polar surface area (TPSA) is 0 Å². The first-order valence-corrected chi connectivity index (χ1v) is 5.91. The van der Waals surface area contributed by atoms with Gasteiger partial charge in [-0.25, -0.2) is 0 Å². The zero-order chi connectivity index (χ0) is 9.90. The third kappa shape index (κ3) is 2.59. The van der Waals surface area contributed by atoms with Crippen molar-refractivity contribution >= 4 is 0 Å². The van der Waals surface area contributed by atoms with Gasteiger partial charge in [0, 0.05) is 0 Å². The molecule has 0 atom stereocenters. The summed E-state index contributed by atoms with van der Waals surface area (Å²) in [7, 11) is 0. The molecule has 0 heteroatoms. The van der Waals surface area contributed by atoms with E-state index in [1.807, 2.05) is 13.8 Å². The van der Waals surface area contributed by atoms with E-state index in [4.69, 9.17) is 0 Å². The van der Waals surface area contributed by atoms with Crippen molar-refractivity contribution in [3.05, 3.63) is 11.6 Å². The number of hydrogen-bond donors (Lipinski definition) is 0. The number of hydrogen-bond acceptors (Lipinski definition) is 0. The fraction of sp³-hybridized carbons (Fsp3) is 0.846. The maximum atomic E-state index is 2.52. The lowest BCUT2D eigenvalue weighted by molar-refractivity contribution is 0.434. The molecule has 0 bridgehead atoms. The van der Waals surface area contributed by atoms with Crippen LogP contribution in [0.15, 0.2) is 11.6 Å². The highest BCUT2D eigenvalue weighted by molar-refractivity contribution is 5.15.